The summed E-state index contributed by atoms with van der Waals surface area (Å²) < 4.78 is 60.1. The van der Waals surface area contributed by atoms with Crippen LogP contribution in [-0.2, 0) is 6.42 Å². The van der Waals surface area contributed by atoms with Crippen molar-refractivity contribution in [3.05, 3.63) is 113 Å². The predicted molar refractivity (Wildman–Crippen MR) is 116 cm³/mol. The normalized spacial score (nSPS) is 12.4. The molecule has 0 saturated carbocycles. The third-order valence-electron chi connectivity index (χ3n) is 4.64. The first-order valence-electron chi connectivity index (χ1n) is 9.88. The summed E-state index contributed by atoms with van der Waals surface area (Å²) >= 11 is 0. The topological polar surface area (TPSA) is 9.23 Å². The van der Waals surface area contributed by atoms with Gasteiger partial charge in [-0.15, -0.1) is 0 Å². The Balaban J connectivity index is 1.83. The molecule has 31 heavy (non-hydrogen) atoms. The van der Waals surface area contributed by atoms with Crippen molar-refractivity contribution in [3.63, 3.8) is 0 Å². The largest absolute Gasteiger partial charge is 0.494 e. The lowest BCUT2D eigenvalue weighted by Crippen LogP contribution is -2.10. The molecule has 5 heteroatoms. The maximum atomic E-state index is 14.2. The summed E-state index contributed by atoms with van der Waals surface area (Å²) in [6.07, 6.45) is -0.216. The van der Waals surface area contributed by atoms with E-state index in [1.165, 1.54) is 48.6 Å². The maximum absolute atomic E-state index is 14.2. The monoisotopic (exact) mass is 426 g/mol. The van der Waals surface area contributed by atoms with Crippen LogP contribution in [0.3, 0.4) is 0 Å². The molecule has 0 heterocycles. The number of hydrogen-bond donors (Lipinski definition) is 0. The lowest BCUT2D eigenvalue weighted by Gasteiger charge is -2.12. The van der Waals surface area contributed by atoms with Gasteiger partial charge >= 0.3 is 6.18 Å². The molecular formula is C26H22F4O. The summed E-state index contributed by atoms with van der Waals surface area (Å²) in [5.74, 6) is 0.169. The van der Waals surface area contributed by atoms with Crippen LogP contribution >= 0.6 is 0 Å². The van der Waals surface area contributed by atoms with Crippen LogP contribution in [0.2, 0.25) is 0 Å². The molecule has 3 rings (SSSR count). The quantitative estimate of drug-likeness (QED) is 0.281. The summed E-state index contributed by atoms with van der Waals surface area (Å²) in [5, 5.41) is 0. The number of benzene rings is 3. The Morgan fingerprint density at radius 3 is 2.29 bits per heavy atom. The summed E-state index contributed by atoms with van der Waals surface area (Å²) in [7, 11) is 0. The van der Waals surface area contributed by atoms with E-state index in [9.17, 15) is 17.6 Å². The predicted octanol–water partition coefficient (Wildman–Crippen LogP) is 7.47. The number of rotatable bonds is 7. The number of ether oxygens (including phenoxy) is 1. The Kier molecular flexibility index (Phi) is 7.29. The molecule has 0 saturated heterocycles. The molecule has 0 aliphatic carbocycles. The third kappa shape index (κ3) is 6.32. The number of halogens is 4. The molecule has 1 nitrogen and oxygen atoms in total. The average molecular weight is 426 g/mol. The second kappa shape index (κ2) is 10.1. The molecule has 3 aromatic carbocycles. The Hall–Kier alpha value is -3.34. The second-order valence-electron chi connectivity index (χ2n) is 6.91. The van der Waals surface area contributed by atoms with Gasteiger partial charge in [0.25, 0.3) is 0 Å². The van der Waals surface area contributed by atoms with Gasteiger partial charge in [0.2, 0.25) is 0 Å². The molecule has 0 atom stereocenters. The summed E-state index contributed by atoms with van der Waals surface area (Å²) in [6.45, 7) is 2.24. The molecule has 160 valence electrons. The molecule has 0 radical (unpaired) electrons. The van der Waals surface area contributed by atoms with E-state index in [2.05, 4.69) is 0 Å². The fourth-order valence-electron chi connectivity index (χ4n) is 3.16. The van der Waals surface area contributed by atoms with Crippen molar-refractivity contribution in [1.82, 2.24) is 0 Å². The zero-order valence-corrected chi connectivity index (χ0v) is 17.0. The molecule has 0 spiro atoms. The van der Waals surface area contributed by atoms with Crippen molar-refractivity contribution in [1.29, 1.82) is 0 Å². The molecular weight excluding hydrogens is 404 g/mol. The minimum absolute atomic E-state index is 0.0458. The molecule has 0 aliphatic heterocycles. The van der Waals surface area contributed by atoms with Crippen LogP contribution in [0, 0.1) is 5.82 Å². The van der Waals surface area contributed by atoms with Crippen molar-refractivity contribution in [2.24, 2.45) is 0 Å². The van der Waals surface area contributed by atoms with Gasteiger partial charge in [0.15, 0.2) is 0 Å². The van der Waals surface area contributed by atoms with E-state index in [0.29, 0.717) is 29.9 Å². The van der Waals surface area contributed by atoms with Crippen LogP contribution in [0.4, 0.5) is 17.6 Å². The Bertz CT molecular complexity index is 1050. The maximum Gasteiger partial charge on any atom is 0.416 e. The van der Waals surface area contributed by atoms with E-state index in [0.717, 1.165) is 11.6 Å². The highest BCUT2D eigenvalue weighted by Gasteiger charge is 2.34. The lowest BCUT2D eigenvalue weighted by atomic mass is 10.0. The number of hydrogen-bond acceptors (Lipinski definition) is 1. The zero-order chi connectivity index (χ0) is 22.3. The van der Waals surface area contributed by atoms with Crippen LogP contribution in [0.1, 0.15) is 29.2 Å². The molecule has 0 fully saturated rings. The van der Waals surface area contributed by atoms with E-state index < -0.39 is 11.7 Å². The van der Waals surface area contributed by atoms with E-state index in [1.54, 1.807) is 13.0 Å². The first kappa shape index (κ1) is 22.3. The van der Waals surface area contributed by atoms with Crippen molar-refractivity contribution < 1.29 is 22.3 Å². The average Bonchev–Trinajstić information content (AvgIpc) is 2.74. The van der Waals surface area contributed by atoms with Gasteiger partial charge in [-0.25, -0.2) is 4.39 Å². The standard InChI is InChI=1S/C26H22F4O/c1-2-31-23-14-12-21(13-15-23)24(26(28,29)30)10-6-9-20-11-16-25(27)22(18-20)17-19-7-4-3-5-8-19/h3-16,18H,2,17H2,1H3/b9-6-,24-10+. The molecule has 0 aromatic heterocycles. The lowest BCUT2D eigenvalue weighted by molar-refractivity contribution is -0.0689. The van der Waals surface area contributed by atoms with Crippen LogP contribution in [0.25, 0.3) is 11.6 Å². The Labute approximate surface area is 179 Å². The minimum Gasteiger partial charge on any atom is -0.494 e. The summed E-state index contributed by atoms with van der Waals surface area (Å²) in [4.78, 5) is 0. The van der Waals surface area contributed by atoms with Crippen LogP contribution < -0.4 is 4.74 Å². The fraction of sp³-hybridized carbons (Fsp3) is 0.154. The highest BCUT2D eigenvalue weighted by atomic mass is 19.4. The Morgan fingerprint density at radius 1 is 0.935 bits per heavy atom. The first-order chi connectivity index (χ1) is 14.9. The molecule has 0 amide bonds. The van der Waals surface area contributed by atoms with Crippen LogP contribution in [0.15, 0.2) is 84.9 Å². The van der Waals surface area contributed by atoms with Crippen molar-refractivity contribution in [2.45, 2.75) is 19.5 Å². The Morgan fingerprint density at radius 2 is 1.65 bits per heavy atom. The van der Waals surface area contributed by atoms with Crippen LogP contribution in [0.5, 0.6) is 5.75 Å². The molecule has 0 bridgehead atoms. The highest BCUT2D eigenvalue weighted by Crippen LogP contribution is 2.34. The second-order valence-corrected chi connectivity index (χ2v) is 6.91. The smallest absolute Gasteiger partial charge is 0.416 e. The van der Waals surface area contributed by atoms with E-state index in [-0.39, 0.29) is 11.4 Å². The zero-order valence-electron chi connectivity index (χ0n) is 17.0. The van der Waals surface area contributed by atoms with Gasteiger partial charge in [-0.05, 0) is 59.5 Å². The summed E-state index contributed by atoms with van der Waals surface area (Å²) in [5.41, 5.74) is 1.34. The van der Waals surface area contributed by atoms with Crippen molar-refractivity contribution in [2.75, 3.05) is 6.61 Å². The molecule has 0 unspecified atom stereocenters. The van der Waals surface area contributed by atoms with Crippen molar-refractivity contribution in [3.8, 4) is 5.75 Å². The van der Waals surface area contributed by atoms with Gasteiger partial charge in [0.05, 0.1) is 12.2 Å². The van der Waals surface area contributed by atoms with Gasteiger partial charge in [0, 0.05) is 6.42 Å². The fourth-order valence-corrected chi connectivity index (χ4v) is 3.16. The summed E-state index contributed by atoms with van der Waals surface area (Å²) in [6, 6.07) is 19.7. The number of allylic oxidation sites excluding steroid dienone is 3. The van der Waals surface area contributed by atoms with E-state index >= 15 is 0 Å². The molecule has 0 aliphatic rings. The van der Waals surface area contributed by atoms with Gasteiger partial charge < -0.3 is 4.74 Å². The third-order valence-corrected chi connectivity index (χ3v) is 4.64. The van der Waals surface area contributed by atoms with E-state index in [1.807, 2.05) is 30.3 Å². The number of alkyl halides is 3. The van der Waals surface area contributed by atoms with Gasteiger partial charge in [0.1, 0.15) is 11.6 Å². The van der Waals surface area contributed by atoms with Crippen LogP contribution in [-0.4, -0.2) is 12.8 Å². The van der Waals surface area contributed by atoms with Gasteiger partial charge in [-0.2, -0.15) is 13.2 Å². The minimum atomic E-state index is -4.52. The highest BCUT2D eigenvalue weighted by molar-refractivity contribution is 5.72. The first-order valence-corrected chi connectivity index (χ1v) is 9.88. The molecule has 3 aromatic rings. The SMILES string of the molecule is CCOc1ccc(/C(=C\C=C/c2ccc(F)c(Cc3ccccc3)c2)C(F)(F)F)cc1. The van der Waals surface area contributed by atoms with Gasteiger partial charge in [-0.3, -0.25) is 0 Å². The van der Waals surface area contributed by atoms with Gasteiger partial charge in [-0.1, -0.05) is 60.7 Å². The van der Waals surface area contributed by atoms with Crippen molar-refractivity contribution >= 4 is 11.6 Å². The van der Waals surface area contributed by atoms with E-state index in [4.69, 9.17) is 4.74 Å². The molecule has 0 N–H and O–H groups in total.